The molecule has 2 amide bonds. The van der Waals surface area contributed by atoms with E-state index in [1.807, 2.05) is 0 Å². The number of carbonyl (C=O) groups is 2. The van der Waals surface area contributed by atoms with Crippen LogP contribution in [0.4, 0.5) is 0 Å². The summed E-state index contributed by atoms with van der Waals surface area (Å²) in [4.78, 5) is 22.4. The van der Waals surface area contributed by atoms with Gasteiger partial charge in [0.05, 0.1) is 19.3 Å². The fourth-order valence-electron chi connectivity index (χ4n) is 1.08. The van der Waals surface area contributed by atoms with Gasteiger partial charge in [0.1, 0.15) is 6.04 Å². The van der Waals surface area contributed by atoms with Crippen LogP contribution in [0, 0.1) is 0 Å². The first-order valence-electron chi connectivity index (χ1n) is 4.83. The molecule has 0 saturated carbocycles. The van der Waals surface area contributed by atoms with Crippen molar-refractivity contribution in [2.24, 2.45) is 0 Å². The van der Waals surface area contributed by atoms with Gasteiger partial charge >= 0.3 is 0 Å². The number of carbonyl (C=O) groups excluding carboxylic acids is 2. The van der Waals surface area contributed by atoms with Gasteiger partial charge in [-0.2, -0.15) is 12.6 Å². The van der Waals surface area contributed by atoms with Gasteiger partial charge in [0.25, 0.3) is 0 Å². The highest BCUT2D eigenvalue weighted by Crippen LogP contribution is 1.92. The third-order valence-corrected chi connectivity index (χ3v) is 2.18. The zero-order chi connectivity index (χ0) is 12.6. The van der Waals surface area contributed by atoms with E-state index >= 15 is 0 Å². The Morgan fingerprint density at radius 2 is 2.06 bits per heavy atom. The molecule has 94 valence electrons. The zero-order valence-corrected chi connectivity index (χ0v) is 10.3. The Kier molecular flexibility index (Phi) is 7.96. The van der Waals surface area contributed by atoms with Crippen LogP contribution in [0.3, 0.4) is 0 Å². The number of hydrogen-bond donors (Lipinski definition) is 4. The van der Waals surface area contributed by atoms with Crippen LogP contribution in [0.1, 0.15) is 6.92 Å². The van der Waals surface area contributed by atoms with E-state index in [1.165, 1.54) is 14.0 Å². The molecule has 0 aromatic carbocycles. The van der Waals surface area contributed by atoms with Crippen LogP contribution in [-0.4, -0.2) is 55.1 Å². The molecule has 0 aromatic rings. The summed E-state index contributed by atoms with van der Waals surface area (Å²) in [6, 6.07) is -1.18. The fourth-order valence-corrected chi connectivity index (χ4v) is 1.34. The lowest BCUT2D eigenvalue weighted by molar-refractivity contribution is -0.128. The summed E-state index contributed by atoms with van der Waals surface area (Å²) in [6.45, 7) is 1.31. The highest BCUT2D eigenvalue weighted by Gasteiger charge is 2.20. The predicted octanol–water partition coefficient (Wildman–Crippen LogP) is -1.46. The number of ether oxygens (including phenoxy) is 1. The third-order valence-electron chi connectivity index (χ3n) is 1.81. The van der Waals surface area contributed by atoms with Crippen molar-refractivity contribution in [2.75, 3.05) is 26.1 Å². The minimum absolute atomic E-state index is 0.191. The van der Waals surface area contributed by atoms with Crippen molar-refractivity contribution in [3.05, 3.63) is 0 Å². The van der Waals surface area contributed by atoms with Crippen LogP contribution in [0.5, 0.6) is 0 Å². The molecule has 0 spiro atoms. The lowest BCUT2D eigenvalue weighted by Gasteiger charge is -2.20. The standard InChI is InChI=1S/C9H18N2O4S/c1-6(13)10-8(5-16)9(14)11-7(3-12)4-15-2/h7-8,12,16H,3-5H2,1-2H3,(H,10,13)(H,11,14). The first kappa shape index (κ1) is 15.2. The van der Waals surface area contributed by atoms with Crippen molar-refractivity contribution in [1.82, 2.24) is 10.6 Å². The minimum atomic E-state index is -0.702. The van der Waals surface area contributed by atoms with Crippen molar-refractivity contribution in [1.29, 1.82) is 0 Å². The Balaban J connectivity index is 4.22. The van der Waals surface area contributed by atoms with Crippen molar-refractivity contribution in [3.8, 4) is 0 Å². The van der Waals surface area contributed by atoms with Gasteiger partial charge in [-0.25, -0.2) is 0 Å². The van der Waals surface area contributed by atoms with E-state index in [0.717, 1.165) is 0 Å². The minimum Gasteiger partial charge on any atom is -0.394 e. The fraction of sp³-hybridized carbons (Fsp3) is 0.778. The molecule has 16 heavy (non-hydrogen) atoms. The lowest BCUT2D eigenvalue weighted by atomic mass is 10.2. The molecule has 0 rings (SSSR count). The Morgan fingerprint density at radius 3 is 2.44 bits per heavy atom. The summed E-state index contributed by atoms with van der Waals surface area (Å²) < 4.78 is 4.81. The second-order valence-corrected chi connectivity index (χ2v) is 3.64. The van der Waals surface area contributed by atoms with Crippen molar-refractivity contribution in [2.45, 2.75) is 19.0 Å². The predicted molar refractivity (Wildman–Crippen MR) is 62.4 cm³/mol. The van der Waals surface area contributed by atoms with Crippen LogP contribution < -0.4 is 10.6 Å². The number of nitrogens with one attached hydrogen (secondary N) is 2. The first-order valence-corrected chi connectivity index (χ1v) is 5.46. The average molecular weight is 250 g/mol. The van der Waals surface area contributed by atoms with Gasteiger partial charge in [-0.3, -0.25) is 9.59 Å². The molecule has 0 aliphatic rings. The maximum absolute atomic E-state index is 11.6. The molecule has 0 aromatic heterocycles. The van der Waals surface area contributed by atoms with E-state index < -0.39 is 12.1 Å². The molecule has 7 heteroatoms. The van der Waals surface area contributed by atoms with Crippen LogP contribution in [0.2, 0.25) is 0 Å². The van der Waals surface area contributed by atoms with Gasteiger partial charge in [0, 0.05) is 19.8 Å². The molecule has 0 fully saturated rings. The van der Waals surface area contributed by atoms with Gasteiger partial charge in [0.2, 0.25) is 11.8 Å². The molecule has 0 aliphatic carbocycles. The van der Waals surface area contributed by atoms with Crippen molar-refractivity contribution < 1.29 is 19.4 Å². The molecule has 0 heterocycles. The normalized spacial score (nSPS) is 14.0. The number of thiol groups is 1. The van der Waals surface area contributed by atoms with E-state index in [4.69, 9.17) is 9.84 Å². The van der Waals surface area contributed by atoms with Crippen LogP contribution in [-0.2, 0) is 14.3 Å². The number of methoxy groups -OCH3 is 1. The van der Waals surface area contributed by atoms with Crippen molar-refractivity contribution in [3.63, 3.8) is 0 Å². The summed E-state index contributed by atoms with van der Waals surface area (Å²) >= 11 is 3.96. The average Bonchev–Trinajstić information content (AvgIpc) is 2.24. The molecular weight excluding hydrogens is 232 g/mol. The SMILES string of the molecule is COCC(CO)NC(=O)C(CS)NC(C)=O. The Labute approximate surface area is 100 Å². The molecular formula is C9H18N2O4S. The Hall–Kier alpha value is -0.790. The second kappa shape index (κ2) is 8.37. The molecule has 2 atom stereocenters. The van der Waals surface area contributed by atoms with Gasteiger partial charge in [-0.15, -0.1) is 0 Å². The molecule has 0 bridgehead atoms. The van der Waals surface area contributed by atoms with Crippen molar-refractivity contribution >= 4 is 24.4 Å². The summed E-state index contributed by atoms with van der Waals surface area (Å²) in [6.07, 6.45) is 0. The summed E-state index contributed by atoms with van der Waals surface area (Å²) in [5.41, 5.74) is 0. The number of aliphatic hydroxyl groups is 1. The van der Waals surface area contributed by atoms with Crippen LogP contribution >= 0.6 is 12.6 Å². The smallest absolute Gasteiger partial charge is 0.243 e. The van der Waals surface area contributed by atoms with Gasteiger partial charge in [0.15, 0.2) is 0 Å². The molecule has 6 nitrogen and oxygen atoms in total. The van der Waals surface area contributed by atoms with E-state index in [0.29, 0.717) is 0 Å². The zero-order valence-electron chi connectivity index (χ0n) is 9.40. The maximum atomic E-state index is 11.6. The van der Waals surface area contributed by atoms with E-state index in [9.17, 15) is 9.59 Å². The third kappa shape index (κ3) is 5.94. The molecule has 3 N–H and O–H groups in total. The summed E-state index contributed by atoms with van der Waals surface area (Å²) in [5.74, 6) is -0.501. The first-order chi connectivity index (χ1) is 7.54. The quantitative estimate of drug-likeness (QED) is 0.416. The van der Waals surface area contributed by atoms with E-state index in [-0.39, 0.29) is 30.8 Å². The van der Waals surface area contributed by atoms with Crippen LogP contribution in [0.15, 0.2) is 0 Å². The topological polar surface area (TPSA) is 87.7 Å². The number of hydrogen-bond acceptors (Lipinski definition) is 5. The number of amides is 2. The van der Waals surface area contributed by atoms with E-state index in [2.05, 4.69) is 23.3 Å². The Morgan fingerprint density at radius 1 is 1.44 bits per heavy atom. The second-order valence-electron chi connectivity index (χ2n) is 3.28. The molecule has 0 radical (unpaired) electrons. The van der Waals surface area contributed by atoms with E-state index in [1.54, 1.807) is 0 Å². The molecule has 0 saturated heterocycles. The number of aliphatic hydroxyl groups excluding tert-OH is 1. The highest BCUT2D eigenvalue weighted by atomic mass is 32.1. The Bertz CT molecular complexity index is 238. The van der Waals surface area contributed by atoms with Crippen LogP contribution in [0.25, 0.3) is 0 Å². The summed E-state index contributed by atoms with van der Waals surface area (Å²) in [7, 11) is 1.47. The monoisotopic (exact) mass is 250 g/mol. The molecule has 2 unspecified atom stereocenters. The largest absolute Gasteiger partial charge is 0.394 e. The number of rotatable bonds is 7. The highest BCUT2D eigenvalue weighted by molar-refractivity contribution is 7.80. The van der Waals surface area contributed by atoms with Gasteiger partial charge in [-0.1, -0.05) is 0 Å². The summed E-state index contributed by atoms with van der Waals surface area (Å²) in [5, 5.41) is 13.9. The molecule has 0 aliphatic heterocycles. The lowest BCUT2D eigenvalue weighted by Crippen LogP contribution is -2.52. The maximum Gasteiger partial charge on any atom is 0.243 e. The van der Waals surface area contributed by atoms with Gasteiger partial charge in [-0.05, 0) is 0 Å². The van der Waals surface area contributed by atoms with Gasteiger partial charge < -0.3 is 20.5 Å².